The monoisotopic (exact) mass is 352 g/mol. The number of rotatable bonds is 6. The van der Waals surface area contributed by atoms with Crippen LogP contribution < -0.4 is 15.9 Å². The molecule has 0 aliphatic rings. The zero-order valence-electron chi connectivity index (χ0n) is 15.4. The molecule has 3 rings (SSSR count). The van der Waals surface area contributed by atoms with Crippen LogP contribution in [0.3, 0.4) is 0 Å². The van der Waals surface area contributed by atoms with Crippen LogP contribution in [0.4, 0.5) is 11.4 Å². The summed E-state index contributed by atoms with van der Waals surface area (Å²) in [6.07, 6.45) is 0. The van der Waals surface area contributed by atoms with Gasteiger partial charge in [0.1, 0.15) is 6.54 Å². The molecule has 26 heavy (non-hydrogen) atoms. The van der Waals surface area contributed by atoms with Crippen molar-refractivity contribution in [2.75, 3.05) is 23.3 Å². The Bertz CT molecular complexity index is 966. The van der Waals surface area contributed by atoms with Gasteiger partial charge in [0.2, 0.25) is 5.91 Å². The molecule has 0 radical (unpaired) electrons. The molecule has 1 amide bonds. The first-order valence-corrected chi connectivity index (χ1v) is 8.84. The highest BCUT2D eigenvalue weighted by molar-refractivity contribution is 5.91. The molecule has 2 aromatic carbocycles. The number of aryl methyl sites for hydroxylation is 1. The molecule has 0 saturated carbocycles. The van der Waals surface area contributed by atoms with Gasteiger partial charge in [-0.1, -0.05) is 12.1 Å². The third-order valence-corrected chi connectivity index (χ3v) is 4.63. The van der Waals surface area contributed by atoms with Gasteiger partial charge in [-0.15, -0.1) is 0 Å². The van der Waals surface area contributed by atoms with Crippen molar-refractivity contribution in [3.05, 3.63) is 59.0 Å². The number of fused-ring (bicyclic) bond motifs is 1. The molecule has 1 aromatic heterocycles. The van der Waals surface area contributed by atoms with Crippen molar-refractivity contribution in [3.63, 3.8) is 0 Å². The molecule has 0 bridgehead atoms. The SMILES string of the molecule is CCN(CC)c1ccc(NC(=O)Cn2c(=O)n(C)c3ccccc32)cc1. The molecule has 1 heterocycles. The van der Waals surface area contributed by atoms with Crippen LogP contribution in [-0.4, -0.2) is 28.1 Å². The molecule has 6 heteroatoms. The topological polar surface area (TPSA) is 59.3 Å². The summed E-state index contributed by atoms with van der Waals surface area (Å²) in [5, 5.41) is 2.87. The first-order valence-electron chi connectivity index (χ1n) is 8.84. The van der Waals surface area contributed by atoms with Gasteiger partial charge in [0.15, 0.2) is 0 Å². The Hall–Kier alpha value is -3.02. The van der Waals surface area contributed by atoms with E-state index < -0.39 is 0 Å². The highest BCUT2D eigenvalue weighted by Crippen LogP contribution is 2.18. The summed E-state index contributed by atoms with van der Waals surface area (Å²) in [5.41, 5.74) is 3.22. The molecule has 6 nitrogen and oxygen atoms in total. The summed E-state index contributed by atoms with van der Waals surface area (Å²) in [5.74, 6) is -0.223. The summed E-state index contributed by atoms with van der Waals surface area (Å²) in [6.45, 7) is 6.08. The van der Waals surface area contributed by atoms with Gasteiger partial charge in [-0.25, -0.2) is 4.79 Å². The summed E-state index contributed by atoms with van der Waals surface area (Å²) in [7, 11) is 1.71. The van der Waals surface area contributed by atoms with E-state index in [0.717, 1.165) is 35.5 Å². The van der Waals surface area contributed by atoms with E-state index in [9.17, 15) is 9.59 Å². The number of carbonyl (C=O) groups is 1. The van der Waals surface area contributed by atoms with Crippen LogP contribution in [0.5, 0.6) is 0 Å². The average molecular weight is 352 g/mol. The minimum Gasteiger partial charge on any atom is -0.372 e. The van der Waals surface area contributed by atoms with Crippen LogP contribution in [-0.2, 0) is 18.4 Å². The van der Waals surface area contributed by atoms with Crippen molar-refractivity contribution in [2.45, 2.75) is 20.4 Å². The van der Waals surface area contributed by atoms with Gasteiger partial charge in [0.25, 0.3) is 0 Å². The van der Waals surface area contributed by atoms with Gasteiger partial charge in [-0.3, -0.25) is 13.9 Å². The number of carbonyl (C=O) groups excluding carboxylic acids is 1. The van der Waals surface area contributed by atoms with Crippen LogP contribution in [0.1, 0.15) is 13.8 Å². The Morgan fingerprint density at radius 3 is 2.23 bits per heavy atom. The average Bonchev–Trinajstić information content (AvgIpc) is 2.89. The van der Waals surface area contributed by atoms with Crippen LogP contribution in [0.25, 0.3) is 11.0 Å². The van der Waals surface area contributed by atoms with E-state index in [1.807, 2.05) is 48.5 Å². The minimum atomic E-state index is -0.223. The highest BCUT2D eigenvalue weighted by Gasteiger charge is 2.13. The minimum absolute atomic E-state index is 0.0159. The number of benzene rings is 2. The van der Waals surface area contributed by atoms with Crippen molar-refractivity contribution in [2.24, 2.45) is 7.05 Å². The van der Waals surface area contributed by atoms with Crippen molar-refractivity contribution < 1.29 is 4.79 Å². The normalized spacial score (nSPS) is 10.9. The van der Waals surface area contributed by atoms with E-state index in [2.05, 4.69) is 24.1 Å². The molecular weight excluding hydrogens is 328 g/mol. The molecule has 0 fully saturated rings. The number of para-hydroxylation sites is 2. The number of amides is 1. The van der Waals surface area contributed by atoms with Gasteiger partial charge in [-0.05, 0) is 50.2 Å². The smallest absolute Gasteiger partial charge is 0.329 e. The van der Waals surface area contributed by atoms with Crippen molar-refractivity contribution in [3.8, 4) is 0 Å². The molecular formula is C20H24N4O2. The summed E-state index contributed by atoms with van der Waals surface area (Å²) < 4.78 is 3.05. The lowest BCUT2D eigenvalue weighted by Gasteiger charge is -2.21. The number of hydrogen-bond donors (Lipinski definition) is 1. The van der Waals surface area contributed by atoms with Crippen LogP contribution in [0.2, 0.25) is 0 Å². The number of nitrogens with one attached hydrogen (secondary N) is 1. The standard InChI is InChI=1S/C20H24N4O2/c1-4-23(5-2)16-12-10-15(11-13-16)21-19(25)14-24-18-9-7-6-8-17(18)22(3)20(24)26/h6-13H,4-5,14H2,1-3H3,(H,21,25). The van der Waals surface area contributed by atoms with E-state index in [4.69, 9.17) is 0 Å². The maximum atomic E-state index is 12.4. The Kier molecular flexibility index (Phi) is 5.11. The Morgan fingerprint density at radius 1 is 1.00 bits per heavy atom. The van der Waals surface area contributed by atoms with E-state index in [-0.39, 0.29) is 18.1 Å². The molecule has 1 N–H and O–H groups in total. The van der Waals surface area contributed by atoms with Crippen LogP contribution >= 0.6 is 0 Å². The van der Waals surface area contributed by atoms with Gasteiger partial charge in [0, 0.05) is 31.5 Å². The maximum absolute atomic E-state index is 12.4. The van der Waals surface area contributed by atoms with Crippen LogP contribution in [0.15, 0.2) is 53.3 Å². The zero-order chi connectivity index (χ0) is 18.7. The number of nitrogens with zero attached hydrogens (tertiary/aromatic N) is 3. The third kappa shape index (κ3) is 3.35. The number of imidazole rings is 1. The van der Waals surface area contributed by atoms with Crippen molar-refractivity contribution in [1.82, 2.24) is 9.13 Å². The fourth-order valence-corrected chi connectivity index (χ4v) is 3.20. The fraction of sp³-hybridized carbons (Fsp3) is 0.300. The van der Waals surface area contributed by atoms with Gasteiger partial charge < -0.3 is 10.2 Å². The van der Waals surface area contributed by atoms with Gasteiger partial charge in [-0.2, -0.15) is 0 Å². The third-order valence-electron chi connectivity index (χ3n) is 4.63. The van der Waals surface area contributed by atoms with E-state index >= 15 is 0 Å². The van der Waals surface area contributed by atoms with E-state index in [1.165, 1.54) is 4.57 Å². The molecule has 3 aromatic rings. The lowest BCUT2D eigenvalue weighted by Crippen LogP contribution is -2.28. The molecule has 0 saturated heterocycles. The zero-order valence-corrected chi connectivity index (χ0v) is 15.4. The molecule has 0 aliphatic carbocycles. The number of anilines is 2. The quantitative estimate of drug-likeness (QED) is 0.742. The summed E-state index contributed by atoms with van der Waals surface area (Å²) >= 11 is 0. The van der Waals surface area contributed by atoms with Gasteiger partial charge in [0.05, 0.1) is 11.0 Å². The number of aromatic nitrogens is 2. The fourth-order valence-electron chi connectivity index (χ4n) is 3.20. The predicted molar refractivity (Wildman–Crippen MR) is 106 cm³/mol. The number of hydrogen-bond acceptors (Lipinski definition) is 3. The molecule has 0 unspecified atom stereocenters. The molecule has 0 spiro atoms. The molecule has 0 aliphatic heterocycles. The Morgan fingerprint density at radius 2 is 1.62 bits per heavy atom. The van der Waals surface area contributed by atoms with E-state index in [0.29, 0.717) is 0 Å². The predicted octanol–water partition coefficient (Wildman–Crippen LogP) is 2.82. The first-order chi connectivity index (χ1) is 12.5. The summed E-state index contributed by atoms with van der Waals surface area (Å²) in [6, 6.07) is 15.2. The maximum Gasteiger partial charge on any atom is 0.329 e. The highest BCUT2D eigenvalue weighted by atomic mass is 16.2. The summed E-state index contributed by atoms with van der Waals surface area (Å²) in [4.78, 5) is 27.1. The van der Waals surface area contributed by atoms with Gasteiger partial charge >= 0.3 is 5.69 Å². The van der Waals surface area contributed by atoms with E-state index in [1.54, 1.807) is 11.6 Å². The lowest BCUT2D eigenvalue weighted by atomic mass is 10.2. The second-order valence-electron chi connectivity index (χ2n) is 6.18. The van der Waals surface area contributed by atoms with Crippen molar-refractivity contribution >= 4 is 28.3 Å². The van der Waals surface area contributed by atoms with Crippen molar-refractivity contribution in [1.29, 1.82) is 0 Å². The second kappa shape index (κ2) is 7.47. The molecule has 136 valence electrons. The van der Waals surface area contributed by atoms with Crippen LogP contribution in [0, 0.1) is 0 Å². The first kappa shape index (κ1) is 17.8. The molecule has 0 atom stereocenters. The lowest BCUT2D eigenvalue weighted by molar-refractivity contribution is -0.116. The Balaban J connectivity index is 1.76. The largest absolute Gasteiger partial charge is 0.372 e. The second-order valence-corrected chi connectivity index (χ2v) is 6.18. The Labute approximate surface area is 152 Å².